The van der Waals surface area contributed by atoms with Crippen LogP contribution in [-0.2, 0) is 0 Å². The molecule has 16 heavy (non-hydrogen) atoms. The lowest BCUT2D eigenvalue weighted by Gasteiger charge is -2.22. The maximum Gasteiger partial charge on any atom is 0.250 e. The maximum absolute atomic E-state index is 13.2. The van der Waals surface area contributed by atoms with E-state index in [1.54, 1.807) is 0 Å². The van der Waals surface area contributed by atoms with Gasteiger partial charge in [0, 0.05) is 6.07 Å². The average molecular weight is 228 g/mol. The van der Waals surface area contributed by atoms with Crippen LogP contribution in [0.25, 0.3) is 0 Å². The highest BCUT2D eigenvalue weighted by Crippen LogP contribution is 2.17. The number of piperidine rings is 1. The molecule has 2 rings (SSSR count). The Bertz CT molecular complexity index is 354. The van der Waals surface area contributed by atoms with E-state index < -0.39 is 11.6 Å². The molecule has 0 spiro atoms. The van der Waals surface area contributed by atoms with Crippen LogP contribution < -0.4 is 10.1 Å². The van der Waals surface area contributed by atoms with Crippen molar-refractivity contribution in [1.29, 1.82) is 0 Å². The monoisotopic (exact) mass is 228 g/mol. The first-order chi connectivity index (χ1) is 7.75. The first kappa shape index (κ1) is 11.3. The Labute approximate surface area is 92.8 Å². The molecule has 1 fully saturated rings. The minimum Gasteiger partial charge on any atom is -0.475 e. The number of aromatic nitrogens is 1. The number of nitrogens with one attached hydrogen (secondary N) is 1. The Morgan fingerprint density at radius 3 is 2.81 bits per heavy atom. The summed E-state index contributed by atoms with van der Waals surface area (Å²) in [5.74, 6) is -1.12. The molecule has 0 atom stereocenters. The van der Waals surface area contributed by atoms with Crippen molar-refractivity contribution in [1.82, 2.24) is 10.3 Å². The lowest BCUT2D eigenvalue weighted by Crippen LogP contribution is -2.30. The smallest absolute Gasteiger partial charge is 0.250 e. The summed E-state index contributed by atoms with van der Waals surface area (Å²) in [6.07, 6.45) is 2.99. The molecule has 1 aromatic rings. The summed E-state index contributed by atoms with van der Waals surface area (Å²) in [5, 5.41) is 3.24. The lowest BCUT2D eigenvalue weighted by molar-refractivity contribution is 0.201. The van der Waals surface area contributed by atoms with E-state index in [-0.39, 0.29) is 5.88 Å². The number of hydrogen-bond acceptors (Lipinski definition) is 3. The van der Waals surface area contributed by atoms with Crippen LogP contribution in [-0.4, -0.2) is 24.7 Å². The molecule has 0 aromatic carbocycles. The van der Waals surface area contributed by atoms with Crippen LogP contribution in [0.3, 0.4) is 0 Å². The Hall–Kier alpha value is -1.23. The van der Waals surface area contributed by atoms with E-state index in [4.69, 9.17) is 4.74 Å². The molecule has 0 aliphatic carbocycles. The highest BCUT2D eigenvalue weighted by Gasteiger charge is 2.15. The molecule has 1 aliphatic rings. The number of halogens is 2. The van der Waals surface area contributed by atoms with Gasteiger partial charge in [0.05, 0.1) is 12.8 Å². The number of nitrogens with zero attached hydrogens (tertiary/aromatic N) is 1. The summed E-state index contributed by atoms with van der Waals surface area (Å²) in [6.45, 7) is 2.37. The molecule has 2 heterocycles. The van der Waals surface area contributed by atoms with Crippen molar-refractivity contribution in [2.24, 2.45) is 5.92 Å². The number of hydrogen-bond donors (Lipinski definition) is 1. The minimum atomic E-state index is -0.742. The molecule has 5 heteroatoms. The average Bonchev–Trinajstić information content (AvgIpc) is 2.29. The van der Waals surface area contributed by atoms with Gasteiger partial charge in [-0.05, 0) is 31.8 Å². The predicted octanol–water partition coefficient (Wildman–Crippen LogP) is 1.74. The first-order valence-corrected chi connectivity index (χ1v) is 5.40. The van der Waals surface area contributed by atoms with Crippen LogP contribution in [0.5, 0.6) is 5.88 Å². The highest BCUT2D eigenvalue weighted by atomic mass is 19.1. The Morgan fingerprint density at radius 2 is 2.12 bits per heavy atom. The van der Waals surface area contributed by atoms with E-state index in [1.807, 2.05) is 0 Å². The van der Waals surface area contributed by atoms with Gasteiger partial charge in [0.15, 0.2) is 5.82 Å². The van der Waals surface area contributed by atoms with Gasteiger partial charge in [0.1, 0.15) is 5.82 Å². The highest BCUT2D eigenvalue weighted by molar-refractivity contribution is 5.14. The van der Waals surface area contributed by atoms with E-state index in [0.717, 1.165) is 38.2 Å². The standard InChI is InChI=1S/C11H14F2N2O/c12-9-5-10(13)11(15-6-9)16-7-8-1-3-14-4-2-8/h5-6,8,14H,1-4,7H2. The van der Waals surface area contributed by atoms with Crippen molar-refractivity contribution in [3.63, 3.8) is 0 Å². The molecule has 0 bridgehead atoms. The van der Waals surface area contributed by atoms with Crippen molar-refractivity contribution in [3.8, 4) is 5.88 Å². The first-order valence-electron chi connectivity index (χ1n) is 5.40. The van der Waals surface area contributed by atoms with Gasteiger partial charge in [0.25, 0.3) is 5.88 Å². The molecule has 0 amide bonds. The van der Waals surface area contributed by atoms with Crippen molar-refractivity contribution < 1.29 is 13.5 Å². The van der Waals surface area contributed by atoms with Gasteiger partial charge in [0.2, 0.25) is 0 Å². The van der Waals surface area contributed by atoms with Crippen molar-refractivity contribution in [3.05, 3.63) is 23.9 Å². The van der Waals surface area contributed by atoms with E-state index >= 15 is 0 Å². The summed E-state index contributed by atoms with van der Waals surface area (Å²) < 4.78 is 31.0. The molecule has 0 saturated carbocycles. The van der Waals surface area contributed by atoms with Crippen LogP contribution in [0.2, 0.25) is 0 Å². The molecular weight excluding hydrogens is 214 g/mol. The predicted molar refractivity (Wildman–Crippen MR) is 55.2 cm³/mol. The number of pyridine rings is 1. The quantitative estimate of drug-likeness (QED) is 0.855. The maximum atomic E-state index is 13.2. The van der Waals surface area contributed by atoms with Crippen molar-refractivity contribution in [2.75, 3.05) is 19.7 Å². The third-order valence-corrected chi connectivity index (χ3v) is 2.69. The molecule has 0 unspecified atom stereocenters. The second-order valence-electron chi connectivity index (χ2n) is 3.94. The summed E-state index contributed by atoms with van der Waals surface area (Å²) in [7, 11) is 0. The second kappa shape index (κ2) is 5.21. The molecule has 0 radical (unpaired) electrons. The third-order valence-electron chi connectivity index (χ3n) is 2.69. The van der Waals surface area contributed by atoms with Crippen molar-refractivity contribution in [2.45, 2.75) is 12.8 Å². The third kappa shape index (κ3) is 2.88. The fourth-order valence-electron chi connectivity index (χ4n) is 1.75. The molecule has 1 saturated heterocycles. The lowest BCUT2D eigenvalue weighted by atomic mass is 9.99. The Morgan fingerprint density at radius 1 is 1.38 bits per heavy atom. The molecule has 1 aliphatic heterocycles. The van der Waals surface area contributed by atoms with Crippen LogP contribution in [0.15, 0.2) is 12.3 Å². The largest absolute Gasteiger partial charge is 0.475 e. The van der Waals surface area contributed by atoms with E-state index in [0.29, 0.717) is 12.5 Å². The Kier molecular flexibility index (Phi) is 3.66. The van der Waals surface area contributed by atoms with Crippen LogP contribution in [0, 0.1) is 17.6 Å². The van der Waals surface area contributed by atoms with Crippen LogP contribution >= 0.6 is 0 Å². The normalized spacial score (nSPS) is 17.4. The zero-order valence-corrected chi connectivity index (χ0v) is 8.88. The zero-order chi connectivity index (χ0) is 11.4. The van der Waals surface area contributed by atoms with E-state index in [9.17, 15) is 8.78 Å². The van der Waals surface area contributed by atoms with Gasteiger partial charge < -0.3 is 10.1 Å². The summed E-state index contributed by atoms with van der Waals surface area (Å²) in [4.78, 5) is 3.57. The van der Waals surface area contributed by atoms with Gasteiger partial charge in [-0.15, -0.1) is 0 Å². The Balaban J connectivity index is 1.88. The van der Waals surface area contributed by atoms with Gasteiger partial charge in [-0.25, -0.2) is 13.8 Å². The SMILES string of the molecule is Fc1cnc(OCC2CCNCC2)c(F)c1. The molecule has 3 nitrogen and oxygen atoms in total. The second-order valence-corrected chi connectivity index (χ2v) is 3.94. The van der Waals surface area contributed by atoms with E-state index in [1.165, 1.54) is 0 Å². The number of rotatable bonds is 3. The molecule has 88 valence electrons. The van der Waals surface area contributed by atoms with Crippen molar-refractivity contribution >= 4 is 0 Å². The summed E-state index contributed by atoms with van der Waals surface area (Å²) >= 11 is 0. The van der Waals surface area contributed by atoms with E-state index in [2.05, 4.69) is 10.3 Å². The molecule has 1 aromatic heterocycles. The topological polar surface area (TPSA) is 34.1 Å². The zero-order valence-electron chi connectivity index (χ0n) is 8.88. The van der Waals surface area contributed by atoms with Gasteiger partial charge in [-0.2, -0.15) is 0 Å². The van der Waals surface area contributed by atoms with Gasteiger partial charge >= 0.3 is 0 Å². The van der Waals surface area contributed by atoms with Crippen LogP contribution in [0.1, 0.15) is 12.8 Å². The minimum absolute atomic E-state index is 0.111. The summed E-state index contributed by atoms with van der Waals surface area (Å²) in [5.41, 5.74) is 0. The van der Waals surface area contributed by atoms with Crippen LogP contribution in [0.4, 0.5) is 8.78 Å². The molecular formula is C11H14F2N2O. The molecule has 1 N–H and O–H groups in total. The number of ether oxygens (including phenoxy) is 1. The fraction of sp³-hybridized carbons (Fsp3) is 0.545. The fourth-order valence-corrected chi connectivity index (χ4v) is 1.75. The summed E-state index contributed by atoms with van der Waals surface area (Å²) in [6, 6.07) is 0.782. The van der Waals surface area contributed by atoms with Gasteiger partial charge in [-0.3, -0.25) is 0 Å². The van der Waals surface area contributed by atoms with Gasteiger partial charge in [-0.1, -0.05) is 0 Å².